The second-order valence-electron chi connectivity index (χ2n) is 11.7. The number of aryl methyl sites for hydroxylation is 2. The Morgan fingerprint density at radius 1 is 0.652 bits per heavy atom. The first kappa shape index (κ1) is 31.1. The van der Waals surface area contributed by atoms with E-state index < -0.39 is 0 Å². The van der Waals surface area contributed by atoms with E-state index in [2.05, 4.69) is 72.8 Å². The lowest BCUT2D eigenvalue weighted by Crippen LogP contribution is -2.07. The number of hydrogen-bond acceptors (Lipinski definition) is 5. The molecule has 2 aliphatic rings. The second kappa shape index (κ2) is 15.4. The number of benzene rings is 4. The third-order valence-electron chi connectivity index (χ3n) is 8.41. The number of carbonyl (C=O) groups is 1. The van der Waals surface area contributed by atoms with E-state index in [-0.39, 0.29) is 12.6 Å². The Labute approximate surface area is 271 Å². The summed E-state index contributed by atoms with van der Waals surface area (Å²) in [5.41, 5.74) is 11.0. The highest BCUT2D eigenvalue weighted by Gasteiger charge is 2.14. The molecule has 0 radical (unpaired) electrons. The molecule has 0 saturated carbocycles. The molecule has 0 fully saturated rings. The molecule has 5 heteroatoms. The van der Waals surface area contributed by atoms with E-state index in [0.717, 1.165) is 53.9 Å². The van der Waals surface area contributed by atoms with Gasteiger partial charge in [0.25, 0.3) is 0 Å². The van der Waals surface area contributed by atoms with E-state index in [9.17, 15) is 4.79 Å². The van der Waals surface area contributed by atoms with E-state index in [1.807, 2.05) is 30.3 Å². The second-order valence-corrected chi connectivity index (χ2v) is 11.7. The van der Waals surface area contributed by atoms with Crippen LogP contribution in [-0.2, 0) is 22.4 Å². The molecule has 0 unspecified atom stereocenters. The predicted octanol–water partition coefficient (Wildman–Crippen LogP) is 8.45. The molecule has 0 saturated heterocycles. The summed E-state index contributed by atoms with van der Waals surface area (Å²) >= 11 is 0. The van der Waals surface area contributed by atoms with Crippen LogP contribution in [0, 0.1) is 0 Å². The highest BCUT2D eigenvalue weighted by atomic mass is 16.5. The Morgan fingerprint density at radius 2 is 1.28 bits per heavy atom. The zero-order chi connectivity index (χ0) is 31.6. The minimum atomic E-state index is -0.364. The Hall–Kier alpha value is -4.87. The van der Waals surface area contributed by atoms with Crippen molar-refractivity contribution in [1.82, 2.24) is 0 Å². The third-order valence-corrected chi connectivity index (χ3v) is 8.41. The van der Waals surface area contributed by atoms with Gasteiger partial charge >= 0.3 is 5.97 Å². The molecule has 46 heavy (non-hydrogen) atoms. The molecule has 0 atom stereocenters. The van der Waals surface area contributed by atoms with Crippen molar-refractivity contribution in [3.05, 3.63) is 136 Å². The summed E-state index contributed by atoms with van der Waals surface area (Å²) < 4.78 is 17.2. The molecule has 0 aromatic heterocycles. The molecule has 4 aromatic rings. The van der Waals surface area contributed by atoms with Crippen LogP contribution in [0.5, 0.6) is 11.5 Å². The minimum Gasteiger partial charge on any atom is -0.493 e. The summed E-state index contributed by atoms with van der Waals surface area (Å²) in [6.07, 6.45) is 13.0. The fraction of sp³-hybridized carbons (Fsp3) is 0.244. The van der Waals surface area contributed by atoms with Gasteiger partial charge < -0.3 is 19.3 Å². The fourth-order valence-corrected chi connectivity index (χ4v) is 5.95. The van der Waals surface area contributed by atoms with E-state index in [1.165, 1.54) is 39.5 Å². The average Bonchev–Trinajstić information content (AvgIpc) is 3.10. The number of aliphatic hydroxyl groups excluding tert-OH is 1. The molecule has 1 N–H and O–H groups in total. The molecule has 0 spiro atoms. The van der Waals surface area contributed by atoms with Gasteiger partial charge in [-0.05, 0) is 112 Å². The van der Waals surface area contributed by atoms with E-state index in [0.29, 0.717) is 32.7 Å². The van der Waals surface area contributed by atoms with Crippen molar-refractivity contribution in [2.24, 2.45) is 0 Å². The summed E-state index contributed by atoms with van der Waals surface area (Å²) in [6, 6.07) is 31.2. The van der Waals surface area contributed by atoms with Crippen LogP contribution in [0.15, 0.2) is 97.1 Å². The average molecular weight is 613 g/mol. The quantitative estimate of drug-likeness (QED) is 0.0933. The fourth-order valence-electron chi connectivity index (χ4n) is 5.95. The number of carbonyl (C=O) groups excluding carboxylic acids is 1. The lowest BCUT2D eigenvalue weighted by Gasteiger charge is -2.18. The highest BCUT2D eigenvalue weighted by Crippen LogP contribution is 2.34. The Bertz CT molecular complexity index is 1750. The number of rotatable bonds is 13. The maximum Gasteiger partial charge on any atom is 0.330 e. The number of aliphatic hydroxyl groups is 1. The van der Waals surface area contributed by atoms with E-state index in [4.69, 9.17) is 19.3 Å². The molecule has 2 aliphatic carbocycles. The van der Waals surface area contributed by atoms with E-state index >= 15 is 0 Å². The topological polar surface area (TPSA) is 65.0 Å². The van der Waals surface area contributed by atoms with Crippen LogP contribution in [0.1, 0.15) is 64.6 Å². The van der Waals surface area contributed by atoms with Gasteiger partial charge in [0.2, 0.25) is 0 Å². The lowest BCUT2D eigenvalue weighted by atomic mass is 9.88. The Kier molecular flexibility index (Phi) is 10.4. The van der Waals surface area contributed by atoms with Crippen molar-refractivity contribution in [3.63, 3.8) is 0 Å². The van der Waals surface area contributed by atoms with Crippen molar-refractivity contribution >= 4 is 35.3 Å². The van der Waals surface area contributed by atoms with Gasteiger partial charge in [-0.25, -0.2) is 4.79 Å². The summed E-state index contributed by atoms with van der Waals surface area (Å²) in [5, 5.41) is 9.01. The number of esters is 1. The van der Waals surface area contributed by atoms with Gasteiger partial charge in [0.15, 0.2) is 0 Å². The monoisotopic (exact) mass is 612 g/mol. The number of fused-ring (bicyclic) bond motifs is 2. The predicted molar refractivity (Wildman–Crippen MR) is 185 cm³/mol. The maximum absolute atomic E-state index is 12.4. The van der Waals surface area contributed by atoms with Gasteiger partial charge in [0.1, 0.15) is 11.5 Å². The van der Waals surface area contributed by atoms with Crippen LogP contribution >= 0.6 is 0 Å². The molecule has 0 heterocycles. The minimum absolute atomic E-state index is 0.123. The first-order valence-electron chi connectivity index (χ1n) is 16.2. The summed E-state index contributed by atoms with van der Waals surface area (Å²) in [7, 11) is 0. The molecule has 0 amide bonds. The van der Waals surface area contributed by atoms with Crippen LogP contribution in [0.3, 0.4) is 0 Å². The van der Waals surface area contributed by atoms with Crippen LogP contribution in [-0.4, -0.2) is 37.5 Å². The molecule has 6 rings (SSSR count). The number of ether oxygens (including phenoxy) is 3. The van der Waals surface area contributed by atoms with Gasteiger partial charge in [-0.3, -0.25) is 0 Å². The molecular formula is C41H40O5. The van der Waals surface area contributed by atoms with Crippen LogP contribution in [0.4, 0.5) is 0 Å². The zero-order valence-corrected chi connectivity index (χ0v) is 26.1. The number of hydrogen-bond donors (Lipinski definition) is 1. The molecule has 0 bridgehead atoms. The van der Waals surface area contributed by atoms with Crippen molar-refractivity contribution in [1.29, 1.82) is 0 Å². The van der Waals surface area contributed by atoms with Crippen LogP contribution in [0.2, 0.25) is 0 Å². The Balaban J connectivity index is 0.973. The van der Waals surface area contributed by atoms with Gasteiger partial charge in [-0.2, -0.15) is 0 Å². The summed E-state index contributed by atoms with van der Waals surface area (Å²) in [4.78, 5) is 12.4. The third kappa shape index (κ3) is 8.23. The molecule has 4 aromatic carbocycles. The molecular weight excluding hydrogens is 572 g/mol. The smallest absolute Gasteiger partial charge is 0.330 e. The van der Waals surface area contributed by atoms with Crippen molar-refractivity contribution in [2.45, 2.75) is 38.5 Å². The van der Waals surface area contributed by atoms with Gasteiger partial charge in [0, 0.05) is 25.5 Å². The highest BCUT2D eigenvalue weighted by molar-refractivity contribution is 5.88. The van der Waals surface area contributed by atoms with Gasteiger partial charge in [0.05, 0.1) is 19.8 Å². The van der Waals surface area contributed by atoms with Crippen LogP contribution < -0.4 is 9.47 Å². The molecule has 234 valence electrons. The first-order valence-corrected chi connectivity index (χ1v) is 16.2. The SMILES string of the molecule is O=C(/C=C/c1cccc(C2=Cc3cc(OCCCO)ccc3CC2)c1)OCCCOc1ccc2c(c1)C=C(c1ccccc1)CC2. The largest absolute Gasteiger partial charge is 0.493 e. The molecule has 0 aliphatic heterocycles. The lowest BCUT2D eigenvalue weighted by molar-refractivity contribution is -0.137. The number of allylic oxidation sites excluding steroid dienone is 2. The molecule has 5 nitrogen and oxygen atoms in total. The standard InChI is InChI=1S/C41H40O5/c42-21-5-22-44-39-18-16-33-13-15-36(27-38(33)29-39)34-10-4-7-30(25-34)11-20-41(43)46-24-6-23-45-40-19-17-32-12-14-35(26-37(32)28-40)31-8-2-1-3-9-31/h1-4,7-11,16-20,25-29,42H,5-6,12-15,21-24H2/b20-11+. The summed E-state index contributed by atoms with van der Waals surface area (Å²) in [6.45, 7) is 1.39. The normalized spacial score (nSPS) is 13.8. The van der Waals surface area contributed by atoms with Crippen molar-refractivity contribution in [3.8, 4) is 11.5 Å². The van der Waals surface area contributed by atoms with Gasteiger partial charge in [-0.15, -0.1) is 0 Å². The first-order chi connectivity index (χ1) is 22.6. The van der Waals surface area contributed by atoms with Crippen molar-refractivity contribution in [2.75, 3.05) is 26.4 Å². The maximum atomic E-state index is 12.4. The van der Waals surface area contributed by atoms with Gasteiger partial charge in [-0.1, -0.05) is 72.8 Å². The van der Waals surface area contributed by atoms with Crippen molar-refractivity contribution < 1.29 is 24.1 Å². The van der Waals surface area contributed by atoms with E-state index in [1.54, 1.807) is 6.08 Å². The van der Waals surface area contributed by atoms with Crippen LogP contribution in [0.25, 0.3) is 29.4 Å². The Morgan fingerprint density at radius 3 is 1.96 bits per heavy atom. The zero-order valence-electron chi connectivity index (χ0n) is 26.1. The summed E-state index contributed by atoms with van der Waals surface area (Å²) in [5.74, 6) is 1.29.